The average Bonchev–Trinajstić information content (AvgIpc) is 3.47. The van der Waals surface area contributed by atoms with Crippen LogP contribution in [0, 0.1) is 0 Å². The van der Waals surface area contributed by atoms with E-state index in [1.165, 1.54) is 11.8 Å². The molecule has 1 amide bonds. The number of morpholine rings is 1. The van der Waals surface area contributed by atoms with Gasteiger partial charge in [0, 0.05) is 37.3 Å². The number of aromatic nitrogens is 2. The van der Waals surface area contributed by atoms with Gasteiger partial charge in [0.05, 0.1) is 34.4 Å². The molecule has 5 rings (SSSR count). The normalized spacial score (nSPS) is 19.9. The number of methoxy groups -OCH3 is 1. The topological polar surface area (TPSA) is 106 Å². The summed E-state index contributed by atoms with van der Waals surface area (Å²) in [6.45, 7) is 6.60. The number of aliphatic carboxylic acids is 1. The number of hydrogen-bond acceptors (Lipinski definition) is 7. The highest BCUT2D eigenvalue weighted by atomic mass is 79.9. The lowest BCUT2D eigenvalue weighted by molar-refractivity contribution is -0.134. The van der Waals surface area contributed by atoms with Crippen molar-refractivity contribution in [3.05, 3.63) is 69.7 Å². The molecule has 0 aliphatic carbocycles. The molecule has 3 aromatic rings. The summed E-state index contributed by atoms with van der Waals surface area (Å²) in [5.41, 5.74) is 3.44. The lowest BCUT2D eigenvalue weighted by Crippen LogP contribution is -2.47. The number of nitrogens with zero attached hydrogens (tertiary/aromatic N) is 4. The molecule has 2 aliphatic rings. The van der Waals surface area contributed by atoms with Gasteiger partial charge in [-0.2, -0.15) is 10.1 Å². The van der Waals surface area contributed by atoms with Gasteiger partial charge < -0.3 is 19.5 Å². The van der Waals surface area contributed by atoms with Gasteiger partial charge in [-0.05, 0) is 77.9 Å². The van der Waals surface area contributed by atoms with Crippen molar-refractivity contribution in [3.63, 3.8) is 0 Å². The third-order valence-electron chi connectivity index (χ3n) is 5.77. The molecule has 0 radical (unpaired) electrons. The van der Waals surface area contributed by atoms with E-state index >= 15 is 0 Å². The first-order valence-electron chi connectivity index (χ1n) is 12.3. The molecule has 2 unspecified atom stereocenters. The summed E-state index contributed by atoms with van der Waals surface area (Å²) in [5.74, 6) is -0.323. The van der Waals surface area contributed by atoms with Crippen LogP contribution in [0.2, 0.25) is 0 Å². The van der Waals surface area contributed by atoms with E-state index in [-0.39, 0.29) is 18.1 Å². The molecule has 0 spiro atoms. The Bertz CT molecular complexity index is 1410. The van der Waals surface area contributed by atoms with Crippen molar-refractivity contribution in [1.29, 1.82) is 0 Å². The minimum absolute atomic E-state index is 0.0920. The van der Waals surface area contributed by atoms with E-state index in [0.717, 1.165) is 44.8 Å². The molecule has 2 aliphatic heterocycles. The third kappa shape index (κ3) is 7.17. The van der Waals surface area contributed by atoms with Gasteiger partial charge in [-0.3, -0.25) is 9.59 Å². The number of rotatable bonds is 4. The molecule has 1 saturated heterocycles. The number of carbonyl (C=O) groups excluding carboxylic acids is 1. The SMILES string of the molecule is CC(=O)O.COc1ccc(-c2nn(-c3ccccc3)cc2/C=C2\SC(N3CC(C)OC(C)C3)=NC2=O)cc1Br. The molecule has 2 aromatic carbocycles. The molecule has 1 fully saturated rings. The maximum atomic E-state index is 12.9. The van der Waals surface area contributed by atoms with E-state index < -0.39 is 5.97 Å². The van der Waals surface area contributed by atoms with E-state index in [2.05, 4.69) is 25.8 Å². The lowest BCUT2D eigenvalue weighted by atomic mass is 10.1. The van der Waals surface area contributed by atoms with E-state index in [4.69, 9.17) is 24.5 Å². The first-order chi connectivity index (χ1) is 18.6. The Labute approximate surface area is 239 Å². The molecule has 2 atom stereocenters. The fourth-order valence-electron chi connectivity index (χ4n) is 4.25. The minimum Gasteiger partial charge on any atom is -0.496 e. The van der Waals surface area contributed by atoms with Crippen LogP contribution in [0.3, 0.4) is 0 Å². The summed E-state index contributed by atoms with van der Waals surface area (Å²) in [6.07, 6.45) is 4.01. The van der Waals surface area contributed by atoms with E-state index in [9.17, 15) is 4.79 Å². The monoisotopic (exact) mass is 612 g/mol. The first kappa shape index (κ1) is 28.6. The Morgan fingerprint density at radius 2 is 1.85 bits per heavy atom. The van der Waals surface area contributed by atoms with Crippen LogP contribution in [0.5, 0.6) is 5.75 Å². The predicted molar refractivity (Wildman–Crippen MR) is 156 cm³/mol. The summed E-state index contributed by atoms with van der Waals surface area (Å²) in [7, 11) is 1.64. The number of aliphatic imine (C=N–C) groups is 1. The fourth-order valence-corrected chi connectivity index (χ4v) is 5.72. The van der Waals surface area contributed by atoms with Gasteiger partial charge >= 0.3 is 0 Å². The van der Waals surface area contributed by atoms with Crippen molar-refractivity contribution >= 4 is 50.8 Å². The van der Waals surface area contributed by atoms with E-state index in [0.29, 0.717) is 18.0 Å². The molecule has 0 saturated carbocycles. The number of hydrogen-bond donors (Lipinski definition) is 1. The molecular weight excluding hydrogens is 584 g/mol. The van der Waals surface area contributed by atoms with Gasteiger partial charge in [-0.25, -0.2) is 4.68 Å². The zero-order valence-corrected chi connectivity index (χ0v) is 24.4. The molecule has 204 valence electrons. The standard InChI is InChI=1S/C26H25BrN4O3S.C2H4O2/c1-16-13-30(14-17(2)34-16)26-28-25(32)23(35-26)12-19-15-31(20-7-5-4-6-8-20)29-24(19)18-9-10-22(33-3)21(27)11-18;1-2(3)4/h4-12,15-17H,13-14H2,1-3H3;1H3,(H,3,4)/b23-12-;. The second-order valence-electron chi connectivity index (χ2n) is 9.05. The molecule has 9 nitrogen and oxygen atoms in total. The van der Waals surface area contributed by atoms with Crippen LogP contribution >= 0.6 is 27.7 Å². The average molecular weight is 614 g/mol. The van der Waals surface area contributed by atoms with Crippen LogP contribution in [-0.4, -0.2) is 69.2 Å². The molecule has 1 N–H and O–H groups in total. The fraction of sp³-hybridized carbons (Fsp3) is 0.286. The van der Waals surface area contributed by atoms with Crippen molar-refractivity contribution in [1.82, 2.24) is 14.7 Å². The van der Waals surface area contributed by atoms with E-state index in [1.807, 2.05) is 79.3 Å². The van der Waals surface area contributed by atoms with Crippen LogP contribution in [0.4, 0.5) is 0 Å². The Morgan fingerprint density at radius 3 is 2.46 bits per heavy atom. The number of amidine groups is 1. The van der Waals surface area contributed by atoms with Crippen LogP contribution in [0.1, 0.15) is 26.3 Å². The maximum Gasteiger partial charge on any atom is 0.300 e. The largest absolute Gasteiger partial charge is 0.496 e. The number of halogens is 1. The van der Waals surface area contributed by atoms with E-state index in [1.54, 1.807) is 7.11 Å². The van der Waals surface area contributed by atoms with Crippen LogP contribution in [0.15, 0.2) is 69.1 Å². The Kier molecular flexibility index (Phi) is 9.26. The lowest BCUT2D eigenvalue weighted by Gasteiger charge is -2.35. The summed E-state index contributed by atoms with van der Waals surface area (Å²) in [4.78, 5) is 28.9. The second-order valence-corrected chi connectivity index (χ2v) is 10.9. The highest BCUT2D eigenvalue weighted by molar-refractivity contribution is 9.10. The van der Waals surface area contributed by atoms with Gasteiger partial charge in [-0.15, -0.1) is 0 Å². The highest BCUT2D eigenvalue weighted by Crippen LogP contribution is 2.36. The second kappa shape index (κ2) is 12.6. The predicted octanol–water partition coefficient (Wildman–Crippen LogP) is 5.48. The van der Waals surface area contributed by atoms with Gasteiger partial charge in [0.15, 0.2) is 5.17 Å². The smallest absolute Gasteiger partial charge is 0.300 e. The number of benzene rings is 2. The van der Waals surface area contributed by atoms with Crippen molar-refractivity contribution in [3.8, 4) is 22.7 Å². The Balaban J connectivity index is 0.000000826. The van der Waals surface area contributed by atoms with Crippen LogP contribution in [-0.2, 0) is 14.3 Å². The Hall–Kier alpha value is -3.41. The number of amides is 1. The summed E-state index contributed by atoms with van der Waals surface area (Å²) < 4.78 is 13.9. The molecule has 11 heteroatoms. The highest BCUT2D eigenvalue weighted by Gasteiger charge is 2.31. The zero-order chi connectivity index (χ0) is 28.1. The minimum atomic E-state index is -0.833. The third-order valence-corrected chi connectivity index (χ3v) is 7.44. The van der Waals surface area contributed by atoms with Crippen molar-refractivity contribution in [2.75, 3.05) is 20.2 Å². The number of carboxylic acid groups (broad SMARTS) is 1. The number of para-hydroxylation sites is 1. The Morgan fingerprint density at radius 1 is 1.18 bits per heavy atom. The number of ether oxygens (including phenoxy) is 2. The molecule has 3 heterocycles. The van der Waals surface area contributed by atoms with Crippen molar-refractivity contribution in [2.45, 2.75) is 33.0 Å². The quantitative estimate of drug-likeness (QED) is 0.386. The summed E-state index contributed by atoms with van der Waals surface area (Å²) >= 11 is 4.98. The van der Waals surface area contributed by atoms with Crippen molar-refractivity contribution < 1.29 is 24.2 Å². The van der Waals surface area contributed by atoms with Gasteiger partial charge in [0.1, 0.15) is 11.4 Å². The van der Waals surface area contributed by atoms with Gasteiger partial charge in [-0.1, -0.05) is 18.2 Å². The maximum absolute atomic E-state index is 12.9. The van der Waals surface area contributed by atoms with Crippen LogP contribution < -0.4 is 4.74 Å². The first-order valence-corrected chi connectivity index (χ1v) is 13.9. The molecular formula is C28H29BrN4O5S. The molecule has 1 aromatic heterocycles. The molecule has 0 bridgehead atoms. The number of carboxylic acids is 1. The number of carbonyl (C=O) groups is 2. The summed E-state index contributed by atoms with van der Waals surface area (Å²) in [5, 5.41) is 13.0. The molecule has 39 heavy (non-hydrogen) atoms. The van der Waals surface area contributed by atoms with Gasteiger partial charge in [0.25, 0.3) is 11.9 Å². The van der Waals surface area contributed by atoms with Gasteiger partial charge in [0.2, 0.25) is 0 Å². The summed E-state index contributed by atoms with van der Waals surface area (Å²) in [6, 6.07) is 15.7. The number of thioether (sulfide) groups is 1. The van der Waals surface area contributed by atoms with Crippen LogP contribution in [0.25, 0.3) is 23.0 Å². The zero-order valence-electron chi connectivity index (χ0n) is 22.0. The van der Waals surface area contributed by atoms with Crippen molar-refractivity contribution in [2.24, 2.45) is 4.99 Å².